The van der Waals surface area contributed by atoms with Crippen molar-refractivity contribution in [3.8, 4) is 0 Å². The predicted octanol–water partition coefficient (Wildman–Crippen LogP) is 4.13. The highest BCUT2D eigenvalue weighted by Gasteiger charge is 2.33. The summed E-state index contributed by atoms with van der Waals surface area (Å²) in [7, 11) is 0. The largest absolute Gasteiger partial charge is 0.445 e. The quantitative estimate of drug-likeness (QED) is 0.448. The van der Waals surface area contributed by atoms with Gasteiger partial charge in [0, 0.05) is 24.8 Å². The first-order valence-corrected chi connectivity index (χ1v) is 12.1. The minimum atomic E-state index is -0.855. The van der Waals surface area contributed by atoms with Crippen molar-refractivity contribution in [2.75, 3.05) is 13.1 Å². The molecule has 5 amide bonds. The number of piperidine rings is 1. The molecule has 2 N–H and O–H groups in total. The lowest BCUT2D eigenvalue weighted by Crippen LogP contribution is -2.59. The molecular weight excluding hydrogens is 502 g/mol. The van der Waals surface area contributed by atoms with Crippen molar-refractivity contribution in [1.29, 1.82) is 0 Å². The van der Waals surface area contributed by atoms with Gasteiger partial charge in [0.2, 0.25) is 0 Å². The van der Waals surface area contributed by atoms with E-state index in [4.69, 9.17) is 21.1 Å². The lowest BCUT2D eigenvalue weighted by atomic mass is 10.1. The van der Waals surface area contributed by atoms with Crippen molar-refractivity contribution in [3.63, 3.8) is 0 Å². The molecule has 0 aliphatic carbocycles. The summed E-state index contributed by atoms with van der Waals surface area (Å²) in [5, 5.41) is 3.37. The first-order chi connectivity index (χ1) is 17.5. The van der Waals surface area contributed by atoms with Crippen LogP contribution in [-0.4, -0.2) is 63.7 Å². The molecule has 1 aliphatic heterocycles. The predicted molar refractivity (Wildman–Crippen MR) is 135 cm³/mol. The summed E-state index contributed by atoms with van der Waals surface area (Å²) >= 11 is 5.83. The van der Waals surface area contributed by atoms with E-state index in [0.29, 0.717) is 12.8 Å². The van der Waals surface area contributed by atoms with Crippen molar-refractivity contribution in [2.45, 2.75) is 51.9 Å². The van der Waals surface area contributed by atoms with E-state index in [1.807, 2.05) is 30.3 Å². The fourth-order valence-corrected chi connectivity index (χ4v) is 3.77. The van der Waals surface area contributed by atoms with Gasteiger partial charge in [0.15, 0.2) is 0 Å². The zero-order chi connectivity index (χ0) is 27.0. The second-order valence-electron chi connectivity index (χ2n) is 9.37. The highest BCUT2D eigenvalue weighted by molar-refractivity contribution is 6.29. The molecule has 0 atom stereocenters. The lowest BCUT2D eigenvalue weighted by Gasteiger charge is -2.37. The van der Waals surface area contributed by atoms with Gasteiger partial charge in [0.05, 0.1) is 6.04 Å². The van der Waals surface area contributed by atoms with Crippen LogP contribution in [0.15, 0.2) is 48.7 Å². The summed E-state index contributed by atoms with van der Waals surface area (Å²) in [5.74, 6) is -0.716. The molecular formula is C25H30ClN5O6. The number of carbonyl (C=O) groups is 4. The summed E-state index contributed by atoms with van der Waals surface area (Å²) < 4.78 is 10.7. The zero-order valence-corrected chi connectivity index (χ0v) is 21.7. The van der Waals surface area contributed by atoms with Gasteiger partial charge in [-0.15, -0.1) is 0 Å². The van der Waals surface area contributed by atoms with Crippen LogP contribution in [0.1, 0.15) is 49.5 Å². The van der Waals surface area contributed by atoms with Crippen LogP contribution in [0, 0.1) is 0 Å². The molecule has 2 heterocycles. The van der Waals surface area contributed by atoms with E-state index < -0.39 is 35.8 Å². The van der Waals surface area contributed by atoms with Crippen molar-refractivity contribution in [3.05, 3.63) is 64.9 Å². The van der Waals surface area contributed by atoms with Gasteiger partial charge in [-0.3, -0.25) is 10.1 Å². The van der Waals surface area contributed by atoms with E-state index in [0.717, 1.165) is 10.6 Å². The van der Waals surface area contributed by atoms with Crippen molar-refractivity contribution < 1.29 is 28.7 Å². The summed E-state index contributed by atoms with van der Waals surface area (Å²) in [6.45, 7) is 5.78. The van der Waals surface area contributed by atoms with Crippen LogP contribution < -0.4 is 10.7 Å². The second-order valence-corrected chi connectivity index (χ2v) is 9.76. The molecule has 1 saturated heterocycles. The number of carbonyl (C=O) groups excluding carboxylic acids is 4. The number of imide groups is 1. The number of rotatable bonds is 4. The third-order valence-corrected chi connectivity index (χ3v) is 5.54. The van der Waals surface area contributed by atoms with Crippen LogP contribution in [0.25, 0.3) is 0 Å². The van der Waals surface area contributed by atoms with Gasteiger partial charge < -0.3 is 14.4 Å². The molecule has 0 saturated carbocycles. The number of amides is 5. The topological polar surface area (TPSA) is 130 Å². The number of pyridine rings is 1. The molecule has 37 heavy (non-hydrogen) atoms. The first-order valence-electron chi connectivity index (χ1n) is 11.7. The zero-order valence-electron chi connectivity index (χ0n) is 20.9. The third-order valence-electron chi connectivity index (χ3n) is 5.33. The van der Waals surface area contributed by atoms with Crippen LogP contribution in [0.2, 0.25) is 5.15 Å². The molecule has 3 rings (SSSR count). The highest BCUT2D eigenvalue weighted by Crippen LogP contribution is 2.18. The molecule has 12 heteroatoms. The smallest absolute Gasteiger partial charge is 0.426 e. The van der Waals surface area contributed by atoms with E-state index in [9.17, 15) is 19.2 Å². The Bertz CT molecular complexity index is 1120. The number of hydrogen-bond donors (Lipinski definition) is 2. The molecule has 0 unspecified atom stereocenters. The average molecular weight is 532 g/mol. The Balaban J connectivity index is 1.63. The summed E-state index contributed by atoms with van der Waals surface area (Å²) in [6.07, 6.45) is 0.679. The number of hydrazine groups is 1. The number of benzene rings is 1. The minimum absolute atomic E-state index is 0.0929. The van der Waals surface area contributed by atoms with Crippen molar-refractivity contribution >= 4 is 35.7 Å². The molecule has 1 aromatic carbocycles. The van der Waals surface area contributed by atoms with Gasteiger partial charge in [0.1, 0.15) is 17.4 Å². The van der Waals surface area contributed by atoms with Gasteiger partial charge >= 0.3 is 18.2 Å². The molecule has 0 radical (unpaired) electrons. The van der Waals surface area contributed by atoms with E-state index in [1.165, 1.54) is 23.2 Å². The van der Waals surface area contributed by atoms with Crippen molar-refractivity contribution in [1.82, 2.24) is 25.6 Å². The van der Waals surface area contributed by atoms with Crippen LogP contribution in [0.5, 0.6) is 0 Å². The van der Waals surface area contributed by atoms with Gasteiger partial charge in [-0.2, -0.15) is 0 Å². The molecule has 1 fully saturated rings. The Kier molecular flexibility index (Phi) is 9.29. The molecule has 2 aromatic rings. The van der Waals surface area contributed by atoms with Crippen LogP contribution in [0.4, 0.5) is 14.4 Å². The van der Waals surface area contributed by atoms with Gasteiger partial charge in [-0.05, 0) is 51.3 Å². The maximum Gasteiger partial charge on any atom is 0.426 e. The third kappa shape index (κ3) is 8.64. The maximum absolute atomic E-state index is 13.1. The lowest BCUT2D eigenvalue weighted by molar-refractivity contribution is 0.0238. The van der Waals surface area contributed by atoms with Gasteiger partial charge in [-0.1, -0.05) is 41.9 Å². The van der Waals surface area contributed by atoms with Gasteiger partial charge in [0.25, 0.3) is 5.91 Å². The standard InChI is InChI=1S/C25H30ClN5O6/c1-25(2,3)37-23(34)29-31(22(33)28-21(32)18-9-12-27-20(26)15-18)19-10-13-30(14-11-19)24(35)36-16-17-7-5-4-6-8-17/h4-9,12,15,19H,10-11,13-14,16H2,1-3H3,(H,29,34)(H,28,32,33). The Hall–Kier alpha value is -3.86. The SMILES string of the molecule is CC(C)(C)OC(=O)NN(C(=O)NC(=O)c1ccnc(Cl)c1)C1CCN(C(=O)OCc2ccccc2)CC1. The first kappa shape index (κ1) is 27.7. The minimum Gasteiger partial charge on any atom is -0.445 e. The summed E-state index contributed by atoms with van der Waals surface area (Å²) in [4.78, 5) is 55.9. The highest BCUT2D eigenvalue weighted by atomic mass is 35.5. The number of nitrogens with zero attached hydrogens (tertiary/aromatic N) is 3. The fraction of sp³-hybridized carbons (Fsp3) is 0.400. The Labute approximate surface area is 220 Å². The fourth-order valence-electron chi connectivity index (χ4n) is 3.60. The maximum atomic E-state index is 13.1. The normalized spacial score (nSPS) is 13.9. The molecule has 1 aromatic heterocycles. The molecule has 0 spiro atoms. The summed E-state index contributed by atoms with van der Waals surface area (Å²) in [5.41, 5.74) is 2.63. The second kappa shape index (κ2) is 12.4. The monoisotopic (exact) mass is 531 g/mol. The van der Waals surface area contributed by atoms with Crippen molar-refractivity contribution in [2.24, 2.45) is 0 Å². The molecule has 198 valence electrons. The number of nitrogens with one attached hydrogen (secondary N) is 2. The number of aromatic nitrogens is 1. The number of likely N-dealkylation sites (tertiary alicyclic amines) is 1. The van der Waals surface area contributed by atoms with Crippen LogP contribution in [0.3, 0.4) is 0 Å². The number of urea groups is 1. The summed E-state index contributed by atoms with van der Waals surface area (Å²) in [6, 6.07) is 10.7. The number of halogens is 1. The average Bonchev–Trinajstić information content (AvgIpc) is 2.85. The Morgan fingerprint density at radius 3 is 2.41 bits per heavy atom. The van der Waals surface area contributed by atoms with E-state index in [2.05, 4.69) is 15.7 Å². The number of hydrogen-bond acceptors (Lipinski definition) is 7. The van der Waals surface area contributed by atoms with E-state index >= 15 is 0 Å². The number of ether oxygens (including phenoxy) is 2. The molecule has 11 nitrogen and oxygen atoms in total. The van der Waals surface area contributed by atoms with E-state index in [1.54, 1.807) is 20.8 Å². The van der Waals surface area contributed by atoms with Gasteiger partial charge in [-0.25, -0.2) is 29.8 Å². The Morgan fingerprint density at radius 1 is 1.11 bits per heavy atom. The Morgan fingerprint density at radius 2 is 1.78 bits per heavy atom. The van der Waals surface area contributed by atoms with Crippen LogP contribution >= 0.6 is 11.6 Å². The van der Waals surface area contributed by atoms with Crippen LogP contribution in [-0.2, 0) is 16.1 Å². The van der Waals surface area contributed by atoms with E-state index in [-0.39, 0.29) is 30.4 Å². The molecule has 0 bridgehead atoms. The molecule has 1 aliphatic rings.